The van der Waals surface area contributed by atoms with Gasteiger partial charge < -0.3 is 4.74 Å². The second-order valence-corrected chi connectivity index (χ2v) is 10.3. The summed E-state index contributed by atoms with van der Waals surface area (Å²) in [6.07, 6.45) is 17.1. The van der Waals surface area contributed by atoms with Gasteiger partial charge in [0, 0.05) is 19.3 Å². The second-order valence-electron chi connectivity index (χ2n) is 10.3. The highest BCUT2D eigenvalue weighted by Crippen LogP contribution is 2.66. The zero-order valence-electron chi connectivity index (χ0n) is 18.0. The van der Waals surface area contributed by atoms with Crippen molar-refractivity contribution < 1.29 is 9.53 Å². The largest absolute Gasteiger partial charge is 0.463 e. The van der Waals surface area contributed by atoms with Gasteiger partial charge in [-0.05, 0) is 90.7 Å². The molecule has 6 atom stereocenters. The molecule has 4 aliphatic rings. The smallest absolute Gasteiger partial charge is 0.302 e. The molecule has 3 heteroatoms. The van der Waals surface area contributed by atoms with Crippen LogP contribution in [0.25, 0.3) is 5.57 Å². The number of pyridine rings is 1. The van der Waals surface area contributed by atoms with Gasteiger partial charge in [0.25, 0.3) is 0 Å². The quantitative estimate of drug-likeness (QED) is 0.460. The molecule has 2 saturated carbocycles. The maximum atomic E-state index is 11.6. The Bertz CT molecular complexity index is 872. The highest BCUT2D eigenvalue weighted by atomic mass is 16.5. The molecule has 4 aliphatic carbocycles. The Morgan fingerprint density at radius 1 is 1.14 bits per heavy atom. The average Bonchev–Trinajstić information content (AvgIpc) is 3.05. The highest BCUT2D eigenvalue weighted by Gasteiger charge is 2.57. The molecule has 0 radical (unpaired) electrons. The zero-order valence-corrected chi connectivity index (χ0v) is 18.0. The van der Waals surface area contributed by atoms with Crippen LogP contribution in [0.5, 0.6) is 0 Å². The molecule has 154 valence electrons. The van der Waals surface area contributed by atoms with E-state index in [1.54, 1.807) is 12.5 Å². The third kappa shape index (κ3) is 2.92. The number of fused-ring (bicyclic) bond motifs is 5. The Morgan fingerprint density at radius 2 is 2.00 bits per heavy atom. The number of esters is 1. The van der Waals surface area contributed by atoms with Crippen LogP contribution in [0, 0.1) is 28.6 Å². The van der Waals surface area contributed by atoms with Crippen molar-refractivity contribution >= 4 is 11.5 Å². The van der Waals surface area contributed by atoms with Crippen LogP contribution in [0.15, 0.2) is 42.3 Å². The fourth-order valence-corrected chi connectivity index (χ4v) is 7.59. The van der Waals surface area contributed by atoms with Crippen LogP contribution in [0.1, 0.15) is 71.3 Å². The molecule has 1 aromatic rings. The summed E-state index contributed by atoms with van der Waals surface area (Å²) in [7, 11) is 0. The summed E-state index contributed by atoms with van der Waals surface area (Å²) in [5, 5.41) is 0. The van der Waals surface area contributed by atoms with Gasteiger partial charge in [-0.3, -0.25) is 9.78 Å². The molecule has 0 amide bonds. The molecule has 2 fully saturated rings. The predicted octanol–water partition coefficient (Wildman–Crippen LogP) is 5.97. The average molecular weight is 392 g/mol. The van der Waals surface area contributed by atoms with Crippen molar-refractivity contribution in [3.63, 3.8) is 0 Å². The Kier molecular flexibility index (Phi) is 4.49. The molecule has 3 nitrogen and oxygen atoms in total. The van der Waals surface area contributed by atoms with Crippen LogP contribution < -0.4 is 0 Å². The second kappa shape index (κ2) is 6.82. The summed E-state index contributed by atoms with van der Waals surface area (Å²) in [5.41, 5.74) is 4.93. The summed E-state index contributed by atoms with van der Waals surface area (Å²) >= 11 is 0. The van der Waals surface area contributed by atoms with Crippen molar-refractivity contribution in [1.29, 1.82) is 0 Å². The van der Waals surface area contributed by atoms with Crippen molar-refractivity contribution in [3.8, 4) is 0 Å². The van der Waals surface area contributed by atoms with E-state index in [2.05, 4.69) is 43.1 Å². The number of carbonyl (C=O) groups excluding carboxylic acids is 1. The first-order valence-electron chi connectivity index (χ1n) is 11.4. The minimum absolute atomic E-state index is 0.0920. The molecule has 1 heterocycles. The van der Waals surface area contributed by atoms with Crippen LogP contribution in [0.2, 0.25) is 0 Å². The first kappa shape index (κ1) is 19.1. The lowest BCUT2D eigenvalue weighted by Gasteiger charge is -2.58. The number of aromatic nitrogens is 1. The van der Waals surface area contributed by atoms with Crippen LogP contribution in [-0.2, 0) is 9.53 Å². The number of allylic oxidation sites excluding steroid dienone is 4. The number of ether oxygens (including phenoxy) is 1. The standard InChI is InChI=1S/C26H33NO2/c1-17(28)29-20-8-6-19-7-9-21-23-11-10-22(18-5-4-14-27-16-18)25(23,2)13-12-24(21)26(19,3)15-20/h4-5,7,10,14,16,20-21,23-24H,6,8-9,11-13,15H2,1-3H3/t20?,21-,23-,24-,25+,26-/m0/s1. The number of hydrogen-bond acceptors (Lipinski definition) is 3. The maximum absolute atomic E-state index is 11.6. The van der Waals surface area contributed by atoms with Crippen molar-refractivity contribution in [1.82, 2.24) is 4.98 Å². The van der Waals surface area contributed by atoms with Gasteiger partial charge in [-0.25, -0.2) is 0 Å². The van der Waals surface area contributed by atoms with Gasteiger partial charge >= 0.3 is 5.97 Å². The summed E-state index contributed by atoms with van der Waals surface area (Å²) in [5.74, 6) is 2.01. The van der Waals surface area contributed by atoms with E-state index in [0.29, 0.717) is 11.8 Å². The van der Waals surface area contributed by atoms with Gasteiger partial charge in [-0.1, -0.05) is 37.6 Å². The third-order valence-electron chi connectivity index (χ3n) is 8.90. The molecule has 0 saturated heterocycles. The predicted molar refractivity (Wildman–Crippen MR) is 115 cm³/mol. The molecule has 0 bridgehead atoms. The molecule has 0 aromatic carbocycles. The molecule has 0 spiro atoms. The Morgan fingerprint density at radius 3 is 2.76 bits per heavy atom. The lowest BCUT2D eigenvalue weighted by atomic mass is 9.47. The fraction of sp³-hybridized carbons (Fsp3) is 0.615. The van der Waals surface area contributed by atoms with Crippen LogP contribution in [-0.4, -0.2) is 17.1 Å². The topological polar surface area (TPSA) is 39.2 Å². The molecule has 0 aliphatic heterocycles. The van der Waals surface area contributed by atoms with E-state index in [9.17, 15) is 4.79 Å². The first-order valence-corrected chi connectivity index (χ1v) is 11.4. The van der Waals surface area contributed by atoms with Crippen molar-refractivity contribution in [2.75, 3.05) is 0 Å². The minimum Gasteiger partial charge on any atom is -0.463 e. The highest BCUT2D eigenvalue weighted by molar-refractivity contribution is 5.72. The van der Waals surface area contributed by atoms with E-state index in [0.717, 1.165) is 25.2 Å². The van der Waals surface area contributed by atoms with Crippen molar-refractivity contribution in [2.24, 2.45) is 28.6 Å². The maximum Gasteiger partial charge on any atom is 0.302 e. The first-order chi connectivity index (χ1) is 13.9. The number of hydrogen-bond donors (Lipinski definition) is 0. The SMILES string of the molecule is CC(=O)OC1CCC2=CC[C@@H]3[C@H](CC[C@]4(C)C(c5cccnc5)=CC[C@@H]34)[C@@]2(C)C1. The molecular formula is C26H33NO2. The monoisotopic (exact) mass is 391 g/mol. The van der Waals surface area contributed by atoms with E-state index in [1.807, 2.05) is 12.4 Å². The molecule has 5 rings (SSSR count). The number of nitrogens with zero attached hydrogens (tertiary/aromatic N) is 1. The van der Waals surface area contributed by atoms with E-state index in [-0.39, 0.29) is 22.9 Å². The third-order valence-corrected chi connectivity index (χ3v) is 8.90. The molecule has 0 N–H and O–H groups in total. The normalized spacial score (nSPS) is 40.8. The minimum atomic E-state index is -0.129. The molecule has 1 unspecified atom stereocenters. The van der Waals surface area contributed by atoms with Gasteiger partial charge in [0.2, 0.25) is 0 Å². The number of carbonyl (C=O) groups is 1. The zero-order chi connectivity index (χ0) is 20.2. The lowest BCUT2D eigenvalue weighted by Crippen LogP contribution is -2.50. The van der Waals surface area contributed by atoms with E-state index in [4.69, 9.17) is 4.74 Å². The van der Waals surface area contributed by atoms with Crippen LogP contribution >= 0.6 is 0 Å². The Balaban J connectivity index is 1.43. The van der Waals surface area contributed by atoms with E-state index < -0.39 is 0 Å². The van der Waals surface area contributed by atoms with Crippen molar-refractivity contribution in [2.45, 2.75) is 71.8 Å². The Hall–Kier alpha value is -1.90. The summed E-state index contributed by atoms with van der Waals surface area (Å²) in [6.45, 7) is 6.52. The molecule has 29 heavy (non-hydrogen) atoms. The van der Waals surface area contributed by atoms with Gasteiger partial charge in [-0.15, -0.1) is 0 Å². The van der Waals surface area contributed by atoms with Gasteiger partial charge in [0.1, 0.15) is 6.10 Å². The van der Waals surface area contributed by atoms with E-state index >= 15 is 0 Å². The van der Waals surface area contributed by atoms with Crippen molar-refractivity contribution in [3.05, 3.63) is 47.8 Å². The van der Waals surface area contributed by atoms with Crippen LogP contribution in [0.4, 0.5) is 0 Å². The van der Waals surface area contributed by atoms with Crippen LogP contribution in [0.3, 0.4) is 0 Å². The summed E-state index contributed by atoms with van der Waals surface area (Å²) < 4.78 is 5.68. The van der Waals surface area contributed by atoms with Gasteiger partial charge in [0.05, 0.1) is 0 Å². The van der Waals surface area contributed by atoms with Gasteiger partial charge in [-0.2, -0.15) is 0 Å². The van der Waals surface area contributed by atoms with Gasteiger partial charge in [0.15, 0.2) is 0 Å². The summed E-state index contributed by atoms with van der Waals surface area (Å²) in [4.78, 5) is 16.0. The Labute approximate surface area is 174 Å². The molecular weight excluding hydrogens is 358 g/mol. The number of rotatable bonds is 2. The summed E-state index contributed by atoms with van der Waals surface area (Å²) in [6, 6.07) is 4.29. The molecule has 1 aromatic heterocycles. The fourth-order valence-electron chi connectivity index (χ4n) is 7.59. The lowest BCUT2D eigenvalue weighted by molar-refractivity contribution is -0.150. The van der Waals surface area contributed by atoms with E-state index in [1.165, 1.54) is 36.8 Å².